The Morgan fingerprint density at radius 3 is 2.31 bits per heavy atom. The second kappa shape index (κ2) is 3.84. The van der Waals surface area contributed by atoms with E-state index in [0.717, 1.165) is 0 Å². The molecule has 0 aromatic heterocycles. The van der Waals surface area contributed by atoms with Crippen molar-refractivity contribution in [2.24, 2.45) is 0 Å². The van der Waals surface area contributed by atoms with Crippen LogP contribution >= 0.6 is 7.14 Å². The highest BCUT2D eigenvalue weighted by Crippen LogP contribution is 2.35. The molecule has 0 heterocycles. The molecule has 4 heteroatoms. The van der Waals surface area contributed by atoms with Crippen LogP contribution in [0.5, 0.6) is 5.75 Å². The molecule has 0 bridgehead atoms. The Bertz CT molecular complexity index is 315. The molecule has 0 fully saturated rings. The van der Waals surface area contributed by atoms with Gasteiger partial charge in [-0.2, -0.15) is 0 Å². The van der Waals surface area contributed by atoms with Crippen LogP contribution in [0.25, 0.3) is 0 Å². The summed E-state index contributed by atoms with van der Waals surface area (Å²) in [6, 6.07) is 7.05. The van der Waals surface area contributed by atoms with E-state index >= 15 is 0 Å². The molecule has 0 aliphatic rings. The van der Waals surface area contributed by atoms with E-state index in [0.29, 0.717) is 11.4 Å². The smallest absolute Gasteiger partial charge is 0.140 e. The minimum absolute atomic E-state index is 0.275. The molecule has 3 nitrogen and oxygen atoms in total. The lowest BCUT2D eigenvalue weighted by molar-refractivity contribution is 0.378. The quantitative estimate of drug-likeness (QED) is 0.599. The Kier molecular flexibility index (Phi) is 2.99. The lowest BCUT2D eigenvalue weighted by atomic mass is 10.3. The van der Waals surface area contributed by atoms with E-state index in [9.17, 15) is 4.57 Å². The first-order valence-electron chi connectivity index (χ1n) is 4.00. The van der Waals surface area contributed by atoms with Gasteiger partial charge in [0.1, 0.15) is 19.2 Å². The van der Waals surface area contributed by atoms with Crippen molar-refractivity contribution in [1.82, 2.24) is 0 Å². The van der Waals surface area contributed by atoms with Crippen LogP contribution in [0.4, 0.5) is 5.69 Å². The van der Waals surface area contributed by atoms with E-state index in [1.807, 2.05) is 0 Å². The van der Waals surface area contributed by atoms with E-state index < -0.39 is 7.14 Å². The third-order valence-corrected chi connectivity index (χ3v) is 2.17. The van der Waals surface area contributed by atoms with Crippen molar-refractivity contribution in [2.75, 3.05) is 25.4 Å². The molecule has 2 N–H and O–H groups in total. The Morgan fingerprint density at radius 2 is 1.85 bits per heavy atom. The number of ether oxygens (including phenoxy) is 1. The largest absolute Gasteiger partial charge is 0.486 e. The van der Waals surface area contributed by atoms with Crippen molar-refractivity contribution in [2.45, 2.75) is 0 Å². The van der Waals surface area contributed by atoms with E-state index in [1.165, 1.54) is 0 Å². The second-order valence-electron chi connectivity index (χ2n) is 3.42. The average molecular weight is 199 g/mol. The fourth-order valence-electron chi connectivity index (χ4n) is 0.794. The fraction of sp³-hybridized carbons (Fsp3) is 0.333. The molecule has 0 saturated carbocycles. The maximum absolute atomic E-state index is 11.3. The predicted molar refractivity (Wildman–Crippen MR) is 55.8 cm³/mol. The van der Waals surface area contributed by atoms with Gasteiger partial charge in [0.2, 0.25) is 0 Å². The van der Waals surface area contributed by atoms with Crippen molar-refractivity contribution < 1.29 is 9.30 Å². The summed E-state index contributed by atoms with van der Waals surface area (Å²) in [7, 11) is -2.10. The van der Waals surface area contributed by atoms with Gasteiger partial charge in [-0.05, 0) is 37.6 Å². The first-order chi connectivity index (χ1) is 5.97. The van der Waals surface area contributed by atoms with Gasteiger partial charge in [-0.1, -0.05) is 0 Å². The van der Waals surface area contributed by atoms with Crippen molar-refractivity contribution in [3.05, 3.63) is 24.3 Å². The Labute approximate surface area is 78.3 Å². The SMILES string of the molecule is CP(C)(=O)COc1ccc(N)cc1. The van der Waals surface area contributed by atoms with Gasteiger partial charge in [-0.15, -0.1) is 0 Å². The maximum atomic E-state index is 11.3. The van der Waals surface area contributed by atoms with Crippen LogP contribution in [-0.4, -0.2) is 19.7 Å². The minimum Gasteiger partial charge on any atom is -0.486 e. The van der Waals surface area contributed by atoms with Crippen LogP contribution in [0.3, 0.4) is 0 Å². The number of hydrogen-bond acceptors (Lipinski definition) is 3. The summed E-state index contributed by atoms with van der Waals surface area (Å²) in [6.45, 7) is 3.40. The summed E-state index contributed by atoms with van der Waals surface area (Å²) < 4.78 is 16.6. The van der Waals surface area contributed by atoms with E-state index in [4.69, 9.17) is 10.5 Å². The Hall–Kier alpha value is -0.950. The summed E-state index contributed by atoms with van der Waals surface area (Å²) in [5.41, 5.74) is 6.20. The van der Waals surface area contributed by atoms with Crippen LogP contribution in [0, 0.1) is 0 Å². The van der Waals surface area contributed by atoms with Crippen LogP contribution in [-0.2, 0) is 4.57 Å². The zero-order valence-corrected chi connectivity index (χ0v) is 8.75. The van der Waals surface area contributed by atoms with Gasteiger partial charge in [-0.3, -0.25) is 0 Å². The first kappa shape index (κ1) is 10.1. The molecule has 0 saturated heterocycles. The molecule has 1 rings (SSSR count). The highest BCUT2D eigenvalue weighted by molar-refractivity contribution is 7.62. The molecule has 13 heavy (non-hydrogen) atoms. The predicted octanol–water partition coefficient (Wildman–Crippen LogP) is 2.23. The third kappa shape index (κ3) is 4.00. The van der Waals surface area contributed by atoms with Crippen molar-refractivity contribution in [3.8, 4) is 5.75 Å². The normalized spacial score (nSPS) is 11.2. The van der Waals surface area contributed by atoms with Gasteiger partial charge in [0, 0.05) is 5.69 Å². The van der Waals surface area contributed by atoms with Crippen LogP contribution in [0.15, 0.2) is 24.3 Å². The zero-order chi connectivity index (χ0) is 9.90. The number of nitrogen functional groups attached to an aromatic ring is 1. The van der Waals surface area contributed by atoms with Gasteiger partial charge in [-0.25, -0.2) is 0 Å². The van der Waals surface area contributed by atoms with Gasteiger partial charge < -0.3 is 15.0 Å². The summed E-state index contributed by atoms with van der Waals surface area (Å²) in [5.74, 6) is 0.707. The summed E-state index contributed by atoms with van der Waals surface area (Å²) in [5, 5.41) is 0. The molecule has 0 atom stereocenters. The highest BCUT2D eigenvalue weighted by atomic mass is 31.2. The molecule has 0 unspecified atom stereocenters. The standard InChI is InChI=1S/C9H14NO2P/c1-13(2,11)7-12-9-5-3-8(10)4-6-9/h3-6H,7,10H2,1-2H3. The number of anilines is 1. The van der Waals surface area contributed by atoms with E-state index in [2.05, 4.69) is 0 Å². The Morgan fingerprint density at radius 1 is 1.31 bits per heavy atom. The lowest BCUT2D eigenvalue weighted by Crippen LogP contribution is -1.97. The monoisotopic (exact) mass is 199 g/mol. The van der Waals surface area contributed by atoms with Gasteiger partial charge in [0.25, 0.3) is 0 Å². The van der Waals surface area contributed by atoms with Crippen molar-refractivity contribution >= 4 is 12.8 Å². The lowest BCUT2D eigenvalue weighted by Gasteiger charge is -2.09. The molecule has 0 aliphatic heterocycles. The fourth-order valence-corrected chi connectivity index (χ4v) is 1.25. The van der Waals surface area contributed by atoms with Gasteiger partial charge >= 0.3 is 0 Å². The topological polar surface area (TPSA) is 52.3 Å². The summed E-state index contributed by atoms with van der Waals surface area (Å²) >= 11 is 0. The maximum Gasteiger partial charge on any atom is 0.140 e. The number of benzene rings is 1. The average Bonchev–Trinajstić information content (AvgIpc) is 2.02. The molecular formula is C9H14NO2P. The van der Waals surface area contributed by atoms with Crippen LogP contribution in [0.2, 0.25) is 0 Å². The molecule has 0 spiro atoms. The van der Waals surface area contributed by atoms with Crippen molar-refractivity contribution in [3.63, 3.8) is 0 Å². The van der Waals surface area contributed by atoms with Gasteiger partial charge in [0.15, 0.2) is 0 Å². The molecule has 0 amide bonds. The second-order valence-corrected chi connectivity index (χ2v) is 6.82. The van der Waals surface area contributed by atoms with E-state index in [-0.39, 0.29) is 6.35 Å². The van der Waals surface area contributed by atoms with Gasteiger partial charge in [0.05, 0.1) is 0 Å². The molecule has 1 aromatic rings. The third-order valence-electron chi connectivity index (χ3n) is 1.42. The molecular weight excluding hydrogens is 185 g/mol. The zero-order valence-electron chi connectivity index (χ0n) is 7.86. The summed E-state index contributed by atoms with van der Waals surface area (Å²) in [4.78, 5) is 0. The number of rotatable bonds is 3. The first-order valence-corrected chi connectivity index (χ1v) is 6.78. The van der Waals surface area contributed by atoms with Crippen LogP contribution < -0.4 is 10.5 Å². The number of nitrogens with two attached hydrogens (primary N) is 1. The van der Waals surface area contributed by atoms with Crippen molar-refractivity contribution in [1.29, 1.82) is 0 Å². The molecule has 72 valence electrons. The highest BCUT2D eigenvalue weighted by Gasteiger charge is 2.07. The Balaban J connectivity index is 2.56. The van der Waals surface area contributed by atoms with E-state index in [1.54, 1.807) is 37.6 Å². The molecule has 1 aromatic carbocycles. The summed E-state index contributed by atoms with van der Waals surface area (Å²) in [6.07, 6.45) is 0.275. The minimum atomic E-state index is -2.10. The van der Waals surface area contributed by atoms with Crippen LogP contribution in [0.1, 0.15) is 0 Å². The number of hydrogen-bond donors (Lipinski definition) is 1. The molecule has 0 aliphatic carbocycles. The molecule has 0 radical (unpaired) electrons.